The van der Waals surface area contributed by atoms with Gasteiger partial charge in [-0.05, 0) is 36.6 Å². The van der Waals surface area contributed by atoms with Crippen LogP contribution in [-0.2, 0) is 6.54 Å². The third-order valence-electron chi connectivity index (χ3n) is 3.43. The molecule has 0 saturated carbocycles. The van der Waals surface area contributed by atoms with Crippen LogP contribution in [0.1, 0.15) is 29.7 Å². The normalized spacial score (nSPS) is 12.1. The summed E-state index contributed by atoms with van der Waals surface area (Å²) in [5.41, 5.74) is 2.36. The van der Waals surface area contributed by atoms with Gasteiger partial charge in [-0.1, -0.05) is 24.3 Å². The van der Waals surface area contributed by atoms with E-state index in [0.717, 1.165) is 11.1 Å². The lowest BCUT2D eigenvalue weighted by molar-refractivity contribution is -0.384. The summed E-state index contributed by atoms with van der Waals surface area (Å²) in [6.07, 6.45) is 0. The Hall–Kier alpha value is -2.27. The first-order chi connectivity index (χ1) is 9.97. The lowest BCUT2D eigenvalue weighted by Gasteiger charge is -2.14. The van der Waals surface area contributed by atoms with Crippen LogP contribution in [0, 0.1) is 22.9 Å². The van der Waals surface area contributed by atoms with Crippen LogP contribution in [0.25, 0.3) is 0 Å². The number of aryl methyl sites for hydroxylation is 1. The molecule has 4 nitrogen and oxygen atoms in total. The molecule has 0 bridgehead atoms. The number of halogens is 1. The topological polar surface area (TPSA) is 55.2 Å². The van der Waals surface area contributed by atoms with Crippen molar-refractivity contribution in [1.29, 1.82) is 0 Å². The minimum Gasteiger partial charge on any atom is -0.306 e. The molecule has 0 heterocycles. The average Bonchev–Trinajstić information content (AvgIpc) is 2.48. The molecule has 21 heavy (non-hydrogen) atoms. The van der Waals surface area contributed by atoms with Crippen LogP contribution in [-0.4, -0.2) is 4.92 Å². The number of nitro benzene ring substituents is 1. The van der Waals surface area contributed by atoms with Crippen molar-refractivity contribution in [3.8, 4) is 0 Å². The van der Waals surface area contributed by atoms with Crippen LogP contribution in [0.15, 0.2) is 42.5 Å². The van der Waals surface area contributed by atoms with Crippen LogP contribution in [0.2, 0.25) is 0 Å². The average molecular weight is 288 g/mol. The van der Waals surface area contributed by atoms with Crippen molar-refractivity contribution in [3.05, 3.63) is 75.1 Å². The Morgan fingerprint density at radius 3 is 2.71 bits per heavy atom. The third kappa shape index (κ3) is 3.86. The SMILES string of the molecule is Cc1ccc(CNC(C)c2cccc([N+](=O)[O-])c2)cc1F. The van der Waals surface area contributed by atoms with Gasteiger partial charge in [-0.15, -0.1) is 0 Å². The fraction of sp³-hybridized carbons (Fsp3) is 0.250. The highest BCUT2D eigenvalue weighted by Gasteiger charge is 2.10. The molecule has 0 spiro atoms. The predicted octanol–water partition coefficient (Wildman–Crippen LogP) is 3.89. The van der Waals surface area contributed by atoms with E-state index in [-0.39, 0.29) is 17.5 Å². The van der Waals surface area contributed by atoms with Crippen molar-refractivity contribution in [1.82, 2.24) is 5.32 Å². The van der Waals surface area contributed by atoms with Crippen LogP contribution >= 0.6 is 0 Å². The Labute approximate surface area is 122 Å². The largest absolute Gasteiger partial charge is 0.306 e. The van der Waals surface area contributed by atoms with E-state index in [1.807, 2.05) is 19.1 Å². The molecule has 2 rings (SSSR count). The van der Waals surface area contributed by atoms with Gasteiger partial charge in [0.15, 0.2) is 0 Å². The number of rotatable bonds is 5. The van der Waals surface area contributed by atoms with E-state index < -0.39 is 4.92 Å². The van der Waals surface area contributed by atoms with Crippen LogP contribution in [0.4, 0.5) is 10.1 Å². The monoisotopic (exact) mass is 288 g/mol. The first-order valence-corrected chi connectivity index (χ1v) is 6.70. The Morgan fingerprint density at radius 2 is 2.05 bits per heavy atom. The Bertz CT molecular complexity index is 658. The maximum Gasteiger partial charge on any atom is 0.269 e. The lowest BCUT2D eigenvalue weighted by Crippen LogP contribution is -2.18. The lowest BCUT2D eigenvalue weighted by atomic mass is 10.1. The molecule has 110 valence electrons. The molecule has 0 amide bonds. The number of nitro groups is 1. The number of non-ortho nitro benzene ring substituents is 1. The van der Waals surface area contributed by atoms with Crippen molar-refractivity contribution in [2.45, 2.75) is 26.4 Å². The van der Waals surface area contributed by atoms with Crippen LogP contribution < -0.4 is 5.32 Å². The number of hydrogen-bond donors (Lipinski definition) is 1. The molecule has 0 aliphatic rings. The van der Waals surface area contributed by atoms with Gasteiger partial charge in [0, 0.05) is 24.7 Å². The molecule has 0 fully saturated rings. The van der Waals surface area contributed by atoms with E-state index in [2.05, 4.69) is 5.32 Å². The van der Waals surface area contributed by atoms with Gasteiger partial charge >= 0.3 is 0 Å². The first-order valence-electron chi connectivity index (χ1n) is 6.70. The van der Waals surface area contributed by atoms with Gasteiger partial charge in [-0.25, -0.2) is 4.39 Å². The summed E-state index contributed by atoms with van der Waals surface area (Å²) in [4.78, 5) is 10.4. The maximum absolute atomic E-state index is 13.5. The summed E-state index contributed by atoms with van der Waals surface area (Å²) in [5.74, 6) is -0.225. The number of nitrogens with one attached hydrogen (secondary N) is 1. The summed E-state index contributed by atoms with van der Waals surface area (Å²) in [5, 5.41) is 14.0. The van der Waals surface area contributed by atoms with Gasteiger partial charge in [-0.3, -0.25) is 10.1 Å². The van der Waals surface area contributed by atoms with Crippen molar-refractivity contribution in [2.24, 2.45) is 0 Å². The molecule has 0 aliphatic heterocycles. The van der Waals surface area contributed by atoms with Gasteiger partial charge in [-0.2, -0.15) is 0 Å². The van der Waals surface area contributed by atoms with E-state index in [9.17, 15) is 14.5 Å². The van der Waals surface area contributed by atoms with E-state index in [4.69, 9.17) is 0 Å². The van der Waals surface area contributed by atoms with Crippen molar-refractivity contribution < 1.29 is 9.31 Å². The molecule has 1 N–H and O–H groups in total. The van der Waals surface area contributed by atoms with Crippen molar-refractivity contribution in [3.63, 3.8) is 0 Å². The number of hydrogen-bond acceptors (Lipinski definition) is 3. The van der Waals surface area contributed by atoms with Crippen LogP contribution in [0.3, 0.4) is 0 Å². The summed E-state index contributed by atoms with van der Waals surface area (Å²) in [6, 6.07) is 11.6. The summed E-state index contributed by atoms with van der Waals surface area (Å²) >= 11 is 0. The first kappa shape index (κ1) is 15.1. The number of benzene rings is 2. The predicted molar refractivity (Wildman–Crippen MR) is 79.5 cm³/mol. The van der Waals surface area contributed by atoms with Gasteiger partial charge in [0.25, 0.3) is 5.69 Å². The summed E-state index contributed by atoms with van der Waals surface area (Å²) in [6.45, 7) is 4.14. The van der Waals surface area contributed by atoms with E-state index in [1.165, 1.54) is 12.1 Å². The second-order valence-corrected chi connectivity index (χ2v) is 5.04. The van der Waals surface area contributed by atoms with Gasteiger partial charge in [0.05, 0.1) is 4.92 Å². The molecule has 0 aromatic heterocycles. The van der Waals surface area contributed by atoms with Gasteiger partial charge in [0.1, 0.15) is 5.82 Å². The zero-order valence-electron chi connectivity index (χ0n) is 12.0. The fourth-order valence-electron chi connectivity index (χ4n) is 2.04. The van der Waals surface area contributed by atoms with Crippen molar-refractivity contribution in [2.75, 3.05) is 0 Å². The smallest absolute Gasteiger partial charge is 0.269 e. The molecule has 0 radical (unpaired) electrons. The minimum absolute atomic E-state index is 0.0609. The van der Waals surface area contributed by atoms with Crippen molar-refractivity contribution >= 4 is 5.69 Å². The standard InChI is InChI=1S/C16H17FN2O2/c1-11-6-7-13(8-16(11)17)10-18-12(2)14-4-3-5-15(9-14)19(20)21/h3-9,12,18H,10H2,1-2H3. The summed E-state index contributed by atoms with van der Waals surface area (Å²) in [7, 11) is 0. The highest BCUT2D eigenvalue weighted by molar-refractivity contribution is 5.35. The molecule has 0 aliphatic carbocycles. The molecule has 1 unspecified atom stereocenters. The third-order valence-corrected chi connectivity index (χ3v) is 3.43. The fourth-order valence-corrected chi connectivity index (χ4v) is 2.04. The molecule has 0 saturated heterocycles. The highest BCUT2D eigenvalue weighted by Crippen LogP contribution is 2.19. The van der Waals surface area contributed by atoms with Gasteiger partial charge in [0.2, 0.25) is 0 Å². The van der Waals surface area contributed by atoms with E-state index in [0.29, 0.717) is 12.1 Å². The Kier molecular flexibility index (Phi) is 4.65. The quantitative estimate of drug-likeness (QED) is 0.670. The van der Waals surface area contributed by atoms with E-state index in [1.54, 1.807) is 25.1 Å². The minimum atomic E-state index is -0.411. The second kappa shape index (κ2) is 6.45. The Morgan fingerprint density at radius 1 is 1.29 bits per heavy atom. The molecule has 2 aromatic carbocycles. The van der Waals surface area contributed by atoms with Crippen LogP contribution in [0.5, 0.6) is 0 Å². The maximum atomic E-state index is 13.5. The second-order valence-electron chi connectivity index (χ2n) is 5.04. The number of nitrogens with zero attached hydrogens (tertiary/aromatic N) is 1. The van der Waals surface area contributed by atoms with E-state index >= 15 is 0 Å². The zero-order chi connectivity index (χ0) is 15.4. The van der Waals surface area contributed by atoms with Gasteiger partial charge < -0.3 is 5.32 Å². The molecule has 5 heteroatoms. The molecular weight excluding hydrogens is 271 g/mol. The molecule has 2 aromatic rings. The molecule has 1 atom stereocenters. The highest BCUT2D eigenvalue weighted by atomic mass is 19.1. The molecular formula is C16H17FN2O2. The zero-order valence-corrected chi connectivity index (χ0v) is 12.0. The Balaban J connectivity index is 2.04. The summed E-state index contributed by atoms with van der Waals surface area (Å²) < 4.78 is 13.5.